The van der Waals surface area contributed by atoms with Gasteiger partial charge in [-0.25, -0.2) is 0 Å². The van der Waals surface area contributed by atoms with Gasteiger partial charge in [0.15, 0.2) is 0 Å². The Balaban J connectivity index is 1.43. The molecule has 144 valence electrons. The van der Waals surface area contributed by atoms with Crippen molar-refractivity contribution in [3.8, 4) is 0 Å². The molecule has 5 rings (SSSR count). The lowest BCUT2D eigenvalue weighted by Gasteiger charge is -2.61. The van der Waals surface area contributed by atoms with Crippen LogP contribution in [0.5, 0.6) is 0 Å². The summed E-state index contributed by atoms with van der Waals surface area (Å²) < 4.78 is 5.62. The Kier molecular flexibility index (Phi) is 3.72. The average Bonchev–Trinajstić information content (AvgIpc) is 3.22. The van der Waals surface area contributed by atoms with E-state index < -0.39 is 5.60 Å². The summed E-state index contributed by atoms with van der Waals surface area (Å²) in [6, 6.07) is 2.10. The van der Waals surface area contributed by atoms with E-state index in [9.17, 15) is 5.11 Å². The second-order valence-electron chi connectivity index (χ2n) is 10.9. The minimum Gasteiger partial charge on any atom is -0.390 e. The topological polar surface area (TPSA) is 46.3 Å². The van der Waals surface area contributed by atoms with E-state index in [4.69, 9.17) is 4.52 Å². The zero-order valence-electron chi connectivity index (χ0n) is 16.7. The molecule has 0 amide bonds. The van der Waals surface area contributed by atoms with Crippen molar-refractivity contribution in [1.82, 2.24) is 5.16 Å². The van der Waals surface area contributed by atoms with Gasteiger partial charge in [0.05, 0.1) is 11.8 Å². The van der Waals surface area contributed by atoms with Crippen LogP contribution >= 0.6 is 0 Å². The summed E-state index contributed by atoms with van der Waals surface area (Å²) >= 11 is 0. The summed E-state index contributed by atoms with van der Waals surface area (Å²) in [6.07, 6.45) is 13.1. The van der Waals surface area contributed by atoms with Crippen LogP contribution in [0.4, 0.5) is 0 Å². The van der Waals surface area contributed by atoms with Crippen LogP contribution in [0.2, 0.25) is 0 Å². The van der Waals surface area contributed by atoms with Crippen LogP contribution in [0.15, 0.2) is 16.8 Å². The summed E-state index contributed by atoms with van der Waals surface area (Å²) in [6.45, 7) is 7.19. The smallest absolute Gasteiger partial charge is 0.140 e. The molecule has 1 aromatic rings. The first-order chi connectivity index (χ1) is 12.3. The number of hydrogen-bond donors (Lipinski definition) is 1. The van der Waals surface area contributed by atoms with Crippen molar-refractivity contribution in [1.29, 1.82) is 0 Å². The molecule has 0 bridgehead atoms. The number of rotatable bonds is 1. The van der Waals surface area contributed by atoms with Gasteiger partial charge in [-0.05, 0) is 99.2 Å². The Bertz CT molecular complexity index is 668. The first-order valence-corrected chi connectivity index (χ1v) is 11.0. The number of aliphatic hydroxyl groups is 1. The van der Waals surface area contributed by atoms with Crippen molar-refractivity contribution in [3.63, 3.8) is 0 Å². The maximum Gasteiger partial charge on any atom is 0.140 e. The van der Waals surface area contributed by atoms with Crippen LogP contribution in [-0.2, 0) is 0 Å². The number of fused-ring (bicyclic) bond motifs is 5. The number of nitrogens with zero attached hydrogens (tertiary/aromatic N) is 1. The second kappa shape index (κ2) is 5.59. The summed E-state index contributed by atoms with van der Waals surface area (Å²) in [5.41, 5.74) is 0.422. The molecule has 4 aliphatic carbocycles. The van der Waals surface area contributed by atoms with Crippen molar-refractivity contribution >= 4 is 0 Å². The molecule has 0 saturated heterocycles. The molecule has 8 atom stereocenters. The van der Waals surface area contributed by atoms with Crippen LogP contribution in [0.1, 0.15) is 90.2 Å². The van der Waals surface area contributed by atoms with Crippen molar-refractivity contribution in [2.45, 2.75) is 90.1 Å². The fourth-order valence-electron chi connectivity index (χ4n) is 8.30. The summed E-state index contributed by atoms with van der Waals surface area (Å²) in [5.74, 6) is 5.00. The third-order valence-corrected chi connectivity index (χ3v) is 9.75. The fraction of sp³-hybridized carbons (Fsp3) is 0.870. The molecule has 3 heteroatoms. The minimum absolute atomic E-state index is 0.393. The van der Waals surface area contributed by atoms with Gasteiger partial charge < -0.3 is 9.63 Å². The lowest BCUT2D eigenvalue weighted by Crippen LogP contribution is -2.55. The Labute approximate surface area is 157 Å². The van der Waals surface area contributed by atoms with E-state index in [2.05, 4.69) is 32.0 Å². The maximum atomic E-state index is 10.6. The van der Waals surface area contributed by atoms with Crippen molar-refractivity contribution < 1.29 is 9.63 Å². The highest BCUT2D eigenvalue weighted by Crippen LogP contribution is 2.69. The molecule has 4 aliphatic rings. The standard InChI is InChI=1S/C23H35NO2/c1-21(25)11-12-22(2)15(14-21)4-5-16-17-6-7-19(20-9-13-24-26-20)23(17,3)10-8-18(16)22/h9,13,15-19,25H,4-8,10-12,14H2,1-3H3/t15-,16?,17?,18?,19?,21+,22-,23-/m0/s1. The van der Waals surface area contributed by atoms with Crippen molar-refractivity contribution in [2.75, 3.05) is 0 Å². The zero-order valence-corrected chi connectivity index (χ0v) is 16.7. The van der Waals surface area contributed by atoms with Gasteiger partial charge in [-0.15, -0.1) is 0 Å². The van der Waals surface area contributed by atoms with E-state index in [0.717, 1.165) is 42.3 Å². The third kappa shape index (κ3) is 2.31. The van der Waals surface area contributed by atoms with Crippen LogP contribution in [0.25, 0.3) is 0 Å². The predicted octanol–water partition coefficient (Wildman–Crippen LogP) is 5.55. The van der Waals surface area contributed by atoms with E-state index in [1.54, 1.807) is 0 Å². The Morgan fingerprint density at radius 1 is 0.962 bits per heavy atom. The number of hydrogen-bond acceptors (Lipinski definition) is 3. The molecular weight excluding hydrogens is 322 g/mol. The molecule has 1 heterocycles. The van der Waals surface area contributed by atoms with E-state index >= 15 is 0 Å². The van der Waals surface area contributed by atoms with Gasteiger partial charge in [0.25, 0.3) is 0 Å². The van der Waals surface area contributed by atoms with Crippen LogP contribution in [0.3, 0.4) is 0 Å². The highest BCUT2D eigenvalue weighted by molar-refractivity contribution is 5.17. The molecule has 4 unspecified atom stereocenters. The summed E-state index contributed by atoms with van der Waals surface area (Å²) in [7, 11) is 0. The molecule has 0 radical (unpaired) electrons. The lowest BCUT2D eigenvalue weighted by molar-refractivity contribution is -0.144. The second-order valence-corrected chi connectivity index (χ2v) is 10.9. The van der Waals surface area contributed by atoms with E-state index in [-0.39, 0.29) is 0 Å². The average molecular weight is 358 g/mol. The fourth-order valence-corrected chi connectivity index (χ4v) is 8.30. The maximum absolute atomic E-state index is 10.6. The SMILES string of the molecule is C[C@@]1(O)CC[C@]2(C)C3CC[C@]4(C)C(c5ccno5)CCC4C3CC[C@H]2C1. The predicted molar refractivity (Wildman–Crippen MR) is 102 cm³/mol. The highest BCUT2D eigenvalue weighted by Gasteiger charge is 2.61. The van der Waals surface area contributed by atoms with Gasteiger partial charge in [0, 0.05) is 12.0 Å². The van der Waals surface area contributed by atoms with E-state index in [0.29, 0.717) is 16.7 Å². The van der Waals surface area contributed by atoms with Crippen LogP contribution < -0.4 is 0 Å². The molecule has 4 fully saturated rings. The molecule has 1 aromatic heterocycles. The first kappa shape index (κ1) is 17.3. The molecule has 3 nitrogen and oxygen atoms in total. The quantitative estimate of drug-likeness (QED) is 0.716. The molecule has 1 N–H and O–H groups in total. The molecule has 0 spiro atoms. The molecule has 4 saturated carbocycles. The summed E-state index contributed by atoms with van der Waals surface area (Å²) in [5, 5.41) is 14.6. The van der Waals surface area contributed by atoms with Crippen LogP contribution in [0, 0.1) is 34.5 Å². The Morgan fingerprint density at radius 3 is 2.54 bits per heavy atom. The first-order valence-electron chi connectivity index (χ1n) is 11.0. The Hall–Kier alpha value is -0.830. The van der Waals surface area contributed by atoms with Crippen LogP contribution in [-0.4, -0.2) is 15.9 Å². The van der Waals surface area contributed by atoms with Crippen molar-refractivity contribution in [2.24, 2.45) is 34.5 Å². The van der Waals surface area contributed by atoms with Gasteiger partial charge in [0.2, 0.25) is 0 Å². The summed E-state index contributed by atoms with van der Waals surface area (Å²) in [4.78, 5) is 0. The zero-order chi connectivity index (χ0) is 18.2. The van der Waals surface area contributed by atoms with E-state index in [1.165, 1.54) is 44.9 Å². The normalized spacial score (nSPS) is 53.6. The Morgan fingerprint density at radius 2 is 1.77 bits per heavy atom. The minimum atomic E-state index is -0.426. The van der Waals surface area contributed by atoms with Gasteiger partial charge in [-0.2, -0.15) is 0 Å². The molecule has 26 heavy (non-hydrogen) atoms. The highest BCUT2D eigenvalue weighted by atomic mass is 16.5. The monoisotopic (exact) mass is 357 g/mol. The number of aromatic nitrogens is 1. The molecule has 0 aliphatic heterocycles. The lowest BCUT2D eigenvalue weighted by atomic mass is 9.44. The van der Waals surface area contributed by atoms with Gasteiger partial charge >= 0.3 is 0 Å². The molecule has 0 aromatic carbocycles. The largest absolute Gasteiger partial charge is 0.390 e. The van der Waals surface area contributed by atoms with Crippen molar-refractivity contribution in [3.05, 3.63) is 18.0 Å². The third-order valence-electron chi connectivity index (χ3n) is 9.75. The van der Waals surface area contributed by atoms with Gasteiger partial charge in [0.1, 0.15) is 5.76 Å². The van der Waals surface area contributed by atoms with E-state index in [1.807, 2.05) is 6.20 Å². The van der Waals surface area contributed by atoms with Gasteiger partial charge in [-0.3, -0.25) is 0 Å². The molecular formula is C23H35NO2. The van der Waals surface area contributed by atoms with Gasteiger partial charge in [-0.1, -0.05) is 19.0 Å².